The van der Waals surface area contributed by atoms with Crippen molar-refractivity contribution >= 4 is 18.4 Å². The SMILES string of the molecule is COc1ccc(COC[C@@H](CO[Si](C)(C)C(C)(C)C)OS(=O)(=O)C(F)(F)F)cc1. The summed E-state index contributed by atoms with van der Waals surface area (Å²) in [7, 11) is -6.57. The van der Waals surface area contributed by atoms with Gasteiger partial charge < -0.3 is 13.9 Å². The van der Waals surface area contributed by atoms with Crippen LogP contribution in [0.25, 0.3) is 0 Å². The van der Waals surface area contributed by atoms with Gasteiger partial charge in [-0.1, -0.05) is 32.9 Å². The Morgan fingerprint density at radius 3 is 2.03 bits per heavy atom. The number of methoxy groups -OCH3 is 1. The highest BCUT2D eigenvalue weighted by Gasteiger charge is 2.49. The van der Waals surface area contributed by atoms with Gasteiger partial charge in [0.05, 0.1) is 26.9 Å². The first kappa shape index (κ1) is 25.9. The monoisotopic (exact) mass is 458 g/mol. The maximum atomic E-state index is 12.7. The molecule has 0 aliphatic carbocycles. The van der Waals surface area contributed by atoms with Crippen LogP contribution in [0.5, 0.6) is 5.75 Å². The van der Waals surface area contributed by atoms with E-state index in [0.717, 1.165) is 5.56 Å². The molecule has 0 N–H and O–H groups in total. The Morgan fingerprint density at radius 2 is 1.59 bits per heavy atom. The van der Waals surface area contributed by atoms with Gasteiger partial charge in [0.2, 0.25) is 0 Å². The van der Waals surface area contributed by atoms with Crippen LogP contribution >= 0.6 is 0 Å². The summed E-state index contributed by atoms with van der Waals surface area (Å²) in [6.45, 7) is 9.05. The van der Waals surface area contributed by atoms with Crippen molar-refractivity contribution in [2.75, 3.05) is 20.3 Å². The Hall–Kier alpha value is -1.14. The van der Waals surface area contributed by atoms with Crippen LogP contribution < -0.4 is 4.74 Å². The molecule has 0 saturated heterocycles. The summed E-state index contributed by atoms with van der Waals surface area (Å²) in [5.74, 6) is 0.647. The van der Waals surface area contributed by atoms with Crippen LogP contribution in [0.15, 0.2) is 24.3 Å². The lowest BCUT2D eigenvalue weighted by atomic mass is 10.2. The fraction of sp³-hybridized carbons (Fsp3) is 0.667. The van der Waals surface area contributed by atoms with E-state index in [2.05, 4.69) is 4.18 Å². The lowest BCUT2D eigenvalue weighted by Gasteiger charge is -2.37. The molecule has 6 nitrogen and oxygen atoms in total. The van der Waals surface area contributed by atoms with E-state index in [1.807, 2.05) is 33.9 Å². The summed E-state index contributed by atoms with van der Waals surface area (Å²) in [6, 6.07) is 6.88. The molecular weight excluding hydrogens is 429 g/mol. The Labute approximate surface area is 171 Å². The maximum absolute atomic E-state index is 12.7. The Bertz CT molecular complexity index is 742. The van der Waals surface area contributed by atoms with Gasteiger partial charge in [0.25, 0.3) is 0 Å². The molecule has 1 aromatic rings. The highest BCUT2D eigenvalue weighted by molar-refractivity contribution is 7.87. The van der Waals surface area contributed by atoms with Gasteiger partial charge in [0.1, 0.15) is 11.9 Å². The Morgan fingerprint density at radius 1 is 1.03 bits per heavy atom. The molecule has 0 aliphatic heterocycles. The van der Waals surface area contributed by atoms with Gasteiger partial charge >= 0.3 is 15.6 Å². The Balaban J connectivity index is 2.81. The van der Waals surface area contributed by atoms with E-state index in [4.69, 9.17) is 13.9 Å². The van der Waals surface area contributed by atoms with Crippen LogP contribution in [0.1, 0.15) is 26.3 Å². The number of hydrogen-bond acceptors (Lipinski definition) is 6. The second kappa shape index (κ2) is 9.78. The normalized spacial score (nSPS) is 14.7. The highest BCUT2D eigenvalue weighted by Crippen LogP contribution is 2.37. The number of hydrogen-bond donors (Lipinski definition) is 0. The number of halogens is 3. The zero-order chi connectivity index (χ0) is 22.5. The molecule has 0 fully saturated rings. The van der Waals surface area contributed by atoms with E-state index in [1.54, 1.807) is 24.3 Å². The third-order valence-electron chi connectivity index (χ3n) is 4.71. The summed E-state index contributed by atoms with van der Waals surface area (Å²) in [6.07, 6.45) is -1.42. The average molecular weight is 459 g/mol. The van der Waals surface area contributed by atoms with E-state index in [0.29, 0.717) is 5.75 Å². The average Bonchev–Trinajstić information content (AvgIpc) is 2.58. The van der Waals surface area contributed by atoms with Crippen molar-refractivity contribution in [3.05, 3.63) is 29.8 Å². The van der Waals surface area contributed by atoms with Crippen LogP contribution in [-0.4, -0.2) is 48.7 Å². The van der Waals surface area contributed by atoms with Crippen molar-refractivity contribution in [1.29, 1.82) is 0 Å². The standard InChI is InChI=1S/C18H29F3O6SSi/c1-17(2,3)29(5,6)26-13-16(27-28(22,23)18(19,20)21)12-25-11-14-7-9-15(24-4)10-8-14/h7-10,16H,11-13H2,1-6H3/t16-/m0/s1. The third-order valence-corrected chi connectivity index (χ3v) is 10.3. The second-order valence-corrected chi connectivity index (χ2v) is 14.4. The Kier molecular flexibility index (Phi) is 8.73. The first-order valence-electron chi connectivity index (χ1n) is 8.93. The molecule has 1 aromatic carbocycles. The summed E-state index contributed by atoms with van der Waals surface area (Å²) >= 11 is 0. The quantitative estimate of drug-likeness (QED) is 0.293. The molecule has 0 aromatic heterocycles. The molecule has 0 spiro atoms. The van der Waals surface area contributed by atoms with E-state index >= 15 is 0 Å². The molecule has 0 heterocycles. The molecule has 0 amide bonds. The maximum Gasteiger partial charge on any atom is 0.523 e. The zero-order valence-electron chi connectivity index (χ0n) is 17.5. The van der Waals surface area contributed by atoms with Gasteiger partial charge in [-0.2, -0.15) is 21.6 Å². The fourth-order valence-corrected chi connectivity index (χ4v) is 3.50. The van der Waals surface area contributed by atoms with Crippen molar-refractivity contribution in [3.63, 3.8) is 0 Å². The van der Waals surface area contributed by atoms with Crippen LogP contribution in [0.2, 0.25) is 18.1 Å². The van der Waals surface area contributed by atoms with Crippen LogP contribution in [0.4, 0.5) is 13.2 Å². The van der Waals surface area contributed by atoms with Crippen molar-refractivity contribution in [2.45, 2.75) is 57.1 Å². The van der Waals surface area contributed by atoms with Crippen molar-refractivity contribution < 1.29 is 39.7 Å². The zero-order valence-corrected chi connectivity index (χ0v) is 19.3. The predicted octanol–water partition coefficient (Wildman–Crippen LogP) is 4.47. The molecular formula is C18H29F3O6SSi. The van der Waals surface area contributed by atoms with Gasteiger partial charge in [0.15, 0.2) is 8.32 Å². The van der Waals surface area contributed by atoms with E-state index in [9.17, 15) is 21.6 Å². The predicted molar refractivity (Wildman–Crippen MR) is 106 cm³/mol. The second-order valence-electron chi connectivity index (χ2n) is 8.05. The van der Waals surface area contributed by atoms with Crippen LogP contribution in [0, 0.1) is 0 Å². The minimum Gasteiger partial charge on any atom is -0.497 e. The number of alkyl halides is 3. The van der Waals surface area contributed by atoms with E-state index < -0.39 is 30.0 Å². The molecule has 0 bridgehead atoms. The van der Waals surface area contributed by atoms with Crippen molar-refractivity contribution in [3.8, 4) is 5.75 Å². The lowest BCUT2D eigenvalue weighted by Crippen LogP contribution is -2.44. The number of ether oxygens (including phenoxy) is 2. The molecule has 168 valence electrons. The van der Waals surface area contributed by atoms with Gasteiger partial charge in [-0.15, -0.1) is 0 Å². The molecule has 1 atom stereocenters. The molecule has 0 radical (unpaired) electrons. The topological polar surface area (TPSA) is 71.1 Å². The molecule has 0 aliphatic rings. The summed E-state index contributed by atoms with van der Waals surface area (Å²) < 4.78 is 81.7. The summed E-state index contributed by atoms with van der Waals surface area (Å²) in [5, 5.41) is -0.204. The minimum absolute atomic E-state index is 0.0655. The van der Waals surface area contributed by atoms with Gasteiger partial charge in [-0.3, -0.25) is 4.18 Å². The van der Waals surface area contributed by atoms with E-state index in [-0.39, 0.29) is 24.9 Å². The van der Waals surface area contributed by atoms with Gasteiger partial charge in [-0.05, 0) is 35.8 Å². The largest absolute Gasteiger partial charge is 0.523 e. The van der Waals surface area contributed by atoms with Crippen molar-refractivity contribution in [2.24, 2.45) is 0 Å². The summed E-state index contributed by atoms with van der Waals surface area (Å²) in [4.78, 5) is 0. The molecule has 29 heavy (non-hydrogen) atoms. The minimum atomic E-state index is -5.77. The van der Waals surface area contributed by atoms with Crippen molar-refractivity contribution in [1.82, 2.24) is 0 Å². The van der Waals surface area contributed by atoms with Crippen LogP contribution in [-0.2, 0) is 30.1 Å². The smallest absolute Gasteiger partial charge is 0.497 e. The first-order valence-corrected chi connectivity index (χ1v) is 13.2. The fourth-order valence-electron chi connectivity index (χ4n) is 1.89. The van der Waals surface area contributed by atoms with E-state index in [1.165, 1.54) is 7.11 Å². The van der Waals surface area contributed by atoms with Crippen LogP contribution in [0.3, 0.4) is 0 Å². The molecule has 0 saturated carbocycles. The summed E-state index contributed by atoms with van der Waals surface area (Å²) in [5.41, 5.74) is -4.77. The molecule has 11 heteroatoms. The highest BCUT2D eigenvalue weighted by atomic mass is 32.2. The molecule has 1 rings (SSSR count). The third kappa shape index (κ3) is 7.89. The molecule has 0 unspecified atom stereocenters. The first-order chi connectivity index (χ1) is 13.1. The lowest BCUT2D eigenvalue weighted by molar-refractivity contribution is -0.0640. The van der Waals surface area contributed by atoms with Gasteiger partial charge in [0, 0.05) is 0 Å². The van der Waals surface area contributed by atoms with Gasteiger partial charge in [-0.25, -0.2) is 0 Å². The number of rotatable bonds is 10. The number of benzene rings is 1.